The Morgan fingerprint density at radius 3 is 3.25 bits per heavy atom. The zero-order valence-corrected chi connectivity index (χ0v) is 8.75. The van der Waals surface area contributed by atoms with Crippen molar-refractivity contribution in [3.05, 3.63) is 34.8 Å². The third-order valence-electron chi connectivity index (χ3n) is 2.16. The number of ketones is 1. The molecule has 1 aliphatic rings. The Labute approximate surface area is 119 Å². The Bertz CT molecular complexity index is 851. The second-order valence-electron chi connectivity index (χ2n) is 3.05. The zero-order valence-electron chi connectivity index (χ0n) is 21.0. The summed E-state index contributed by atoms with van der Waals surface area (Å²) in [5, 5.41) is 0.740. The fourth-order valence-corrected chi connectivity index (χ4v) is 1.61. The predicted molar refractivity (Wildman–Crippen MR) is 65.7 cm³/mol. The van der Waals surface area contributed by atoms with Crippen molar-refractivity contribution in [3.63, 3.8) is 0 Å². The Balaban J connectivity index is 3.15. The molecule has 1 unspecified atom stereocenters. The van der Waals surface area contributed by atoms with E-state index in [0.717, 1.165) is 0 Å². The maximum atomic E-state index is 13.2. The molecule has 1 atom stereocenters. The number of likely N-dealkylation sites (N-methyl/N-ethyl adjacent to an activating group) is 1. The van der Waals surface area contributed by atoms with Crippen molar-refractivity contribution in [2.24, 2.45) is 0 Å². The van der Waals surface area contributed by atoms with Crippen molar-refractivity contribution in [2.75, 3.05) is 6.98 Å². The number of hydrogen-bond acceptors (Lipinski definition) is 2. The van der Waals surface area contributed by atoms with Crippen molar-refractivity contribution < 1.29 is 22.6 Å². The molecule has 1 aromatic carbocycles. The SMILES string of the molecule is [2H]c1c([2H])c([2H])c(C2(NC([2H])([2H])[2H])C(=O)C([2H])([2H])CC([2H])([2H])C2([2H])[2H])c(Cl)c1[2H]. The van der Waals surface area contributed by atoms with Crippen LogP contribution in [0.2, 0.25) is 5.02 Å². The van der Waals surface area contributed by atoms with Crippen LogP contribution in [0.15, 0.2) is 24.2 Å². The minimum atomic E-state index is -3.47. The van der Waals surface area contributed by atoms with Gasteiger partial charge in [-0.1, -0.05) is 36.1 Å². The Hall–Kier alpha value is -0.860. The van der Waals surface area contributed by atoms with E-state index in [1.54, 1.807) is 5.32 Å². The van der Waals surface area contributed by atoms with Gasteiger partial charge >= 0.3 is 0 Å². The van der Waals surface area contributed by atoms with Gasteiger partial charge in [0.2, 0.25) is 0 Å². The van der Waals surface area contributed by atoms with E-state index in [2.05, 4.69) is 0 Å². The average molecular weight is 251 g/mol. The average Bonchev–Trinajstić information content (AvgIpc) is 2.53. The Morgan fingerprint density at radius 1 is 1.62 bits per heavy atom. The lowest BCUT2D eigenvalue weighted by molar-refractivity contribution is -0.127. The van der Waals surface area contributed by atoms with Crippen molar-refractivity contribution in [1.82, 2.24) is 5.32 Å². The molecule has 0 bridgehead atoms. The summed E-state index contributed by atoms with van der Waals surface area (Å²) < 4.78 is 102. The summed E-state index contributed by atoms with van der Waals surface area (Å²) in [6.07, 6.45) is -10.9. The molecule has 0 heterocycles. The van der Waals surface area contributed by atoms with Gasteiger partial charge in [-0.2, -0.15) is 0 Å². The quantitative estimate of drug-likeness (QED) is 0.875. The van der Waals surface area contributed by atoms with Crippen LogP contribution >= 0.6 is 11.6 Å². The third kappa shape index (κ3) is 1.76. The molecule has 86 valence electrons. The molecule has 0 saturated heterocycles. The second-order valence-corrected chi connectivity index (χ2v) is 3.43. The van der Waals surface area contributed by atoms with E-state index in [1.807, 2.05) is 0 Å². The molecule has 2 rings (SSSR count). The first-order valence-electron chi connectivity index (χ1n) is 10.9. The van der Waals surface area contributed by atoms with Crippen LogP contribution in [-0.2, 0) is 10.3 Å². The van der Waals surface area contributed by atoms with Crippen LogP contribution < -0.4 is 5.32 Å². The summed E-state index contributed by atoms with van der Waals surface area (Å²) >= 11 is 6.01. The van der Waals surface area contributed by atoms with Crippen LogP contribution in [0.3, 0.4) is 0 Å². The highest BCUT2D eigenvalue weighted by Crippen LogP contribution is 2.37. The normalized spacial score (nSPS) is 47.8. The van der Waals surface area contributed by atoms with Crippen LogP contribution in [0.25, 0.3) is 0 Å². The van der Waals surface area contributed by atoms with Gasteiger partial charge in [0.05, 0.1) is 5.48 Å². The molecule has 0 amide bonds. The summed E-state index contributed by atoms with van der Waals surface area (Å²) in [7, 11) is 0. The number of rotatable bonds is 2. The smallest absolute Gasteiger partial charge is 0.157 e. The first-order valence-corrected chi connectivity index (χ1v) is 4.73. The summed E-state index contributed by atoms with van der Waals surface area (Å²) in [6, 6.07) is -3.82. The van der Waals surface area contributed by atoms with Crippen LogP contribution in [0.4, 0.5) is 0 Å². The molecule has 16 heavy (non-hydrogen) atoms. The van der Waals surface area contributed by atoms with Gasteiger partial charge in [-0.3, -0.25) is 4.79 Å². The number of hydrogen-bond donors (Lipinski definition) is 1. The molecule has 1 aromatic rings. The molecular weight excluding hydrogens is 222 g/mol. The highest BCUT2D eigenvalue weighted by Gasteiger charge is 2.40. The summed E-state index contributed by atoms with van der Waals surface area (Å²) in [4.78, 5) is 13.2. The lowest BCUT2D eigenvalue weighted by Gasteiger charge is -2.36. The second kappa shape index (κ2) is 4.56. The van der Waals surface area contributed by atoms with Gasteiger partial charge < -0.3 is 5.32 Å². The maximum Gasteiger partial charge on any atom is 0.157 e. The number of benzene rings is 1. The lowest BCUT2D eigenvalue weighted by Crippen LogP contribution is -2.49. The highest BCUT2D eigenvalue weighted by molar-refractivity contribution is 6.31. The predicted octanol–water partition coefficient (Wildman–Crippen LogP) is 2.90. The lowest BCUT2D eigenvalue weighted by atomic mass is 9.75. The Morgan fingerprint density at radius 2 is 2.44 bits per heavy atom. The molecule has 2 nitrogen and oxygen atoms in total. The topological polar surface area (TPSA) is 29.1 Å². The fourth-order valence-electron chi connectivity index (χ4n) is 1.37. The van der Waals surface area contributed by atoms with Gasteiger partial charge in [0.1, 0.15) is 5.54 Å². The molecule has 0 spiro atoms. The first kappa shape index (κ1) is 3.56. The minimum absolute atomic E-state index is 0.845. The van der Waals surface area contributed by atoms with E-state index >= 15 is 0 Å². The summed E-state index contributed by atoms with van der Waals surface area (Å²) in [5.74, 6) is -1.74. The van der Waals surface area contributed by atoms with E-state index in [4.69, 9.17) is 29.4 Å². The van der Waals surface area contributed by atoms with Crippen LogP contribution in [0.1, 0.15) is 48.9 Å². The van der Waals surface area contributed by atoms with Gasteiger partial charge in [-0.25, -0.2) is 0 Å². The van der Waals surface area contributed by atoms with Crippen LogP contribution in [-0.4, -0.2) is 12.8 Å². The zero-order chi connectivity index (χ0) is 23.0. The highest BCUT2D eigenvalue weighted by atomic mass is 35.5. The van der Waals surface area contributed by atoms with Crippen LogP contribution in [0.5, 0.6) is 0 Å². The van der Waals surface area contributed by atoms with Gasteiger partial charge in [0, 0.05) is 23.7 Å². The molecule has 0 aliphatic heterocycles. The van der Waals surface area contributed by atoms with Gasteiger partial charge in [0.15, 0.2) is 5.78 Å². The number of carbonyl (C=O) groups is 1. The summed E-state index contributed by atoms with van der Waals surface area (Å²) in [6.45, 7) is -3.34. The molecule has 0 radical (unpaired) electrons. The third-order valence-corrected chi connectivity index (χ3v) is 2.44. The summed E-state index contributed by atoms with van der Waals surface area (Å²) in [5.41, 5.74) is -4.44. The largest absolute Gasteiger partial charge is 0.304 e. The molecule has 0 aromatic heterocycles. The van der Waals surface area contributed by atoms with Crippen molar-refractivity contribution >= 4 is 17.4 Å². The van der Waals surface area contributed by atoms with Crippen molar-refractivity contribution in [1.29, 1.82) is 0 Å². The monoisotopic (exact) mass is 250 g/mol. The van der Waals surface area contributed by atoms with E-state index in [9.17, 15) is 4.79 Å². The molecule has 1 N–H and O–H groups in total. The van der Waals surface area contributed by atoms with Crippen LogP contribution in [0, 0.1) is 0 Å². The van der Waals surface area contributed by atoms with Gasteiger partial charge in [-0.15, -0.1) is 0 Å². The van der Waals surface area contributed by atoms with Crippen molar-refractivity contribution in [3.8, 4) is 0 Å². The molecular formula is C13H16ClNO. The molecule has 3 heteroatoms. The van der Waals surface area contributed by atoms with E-state index < -0.39 is 78.6 Å². The number of halogens is 1. The fraction of sp³-hybridized carbons (Fsp3) is 0.462. The Kier molecular flexibility index (Phi) is 1.02. The molecule has 1 saturated carbocycles. The number of nitrogens with one attached hydrogen (secondary N) is 1. The number of Topliss-reactive ketones (excluding diaryl/α,β-unsaturated/α-hetero) is 1. The first-order chi connectivity index (χ1) is 12.7. The van der Waals surface area contributed by atoms with Gasteiger partial charge in [-0.05, 0) is 31.4 Å². The molecule has 1 aliphatic carbocycles. The van der Waals surface area contributed by atoms with Gasteiger partial charge in [0.25, 0.3) is 0 Å². The standard InChI is InChI=1S/C13H16ClNO/c1-15-13(9-5-4-8-12(13)16)10-6-2-3-7-11(10)14/h2-3,6-7,15H,4-5,8-9H2,1H3/i1D3,2D,3D,5D2,6D,7D,8D2,9D2. The maximum absolute atomic E-state index is 13.2. The number of carbonyl (C=O) groups excluding carboxylic acids is 1. The van der Waals surface area contributed by atoms with Crippen molar-refractivity contribution in [2.45, 2.75) is 31.1 Å². The van der Waals surface area contributed by atoms with E-state index in [-0.39, 0.29) is 0 Å². The molecule has 1 fully saturated rings. The van der Waals surface area contributed by atoms with E-state index in [0.29, 0.717) is 0 Å². The minimum Gasteiger partial charge on any atom is -0.304 e. The van der Waals surface area contributed by atoms with E-state index in [1.165, 1.54) is 0 Å².